The summed E-state index contributed by atoms with van der Waals surface area (Å²) >= 11 is 0. The minimum absolute atomic E-state index is 0.223. The predicted molar refractivity (Wildman–Crippen MR) is 102 cm³/mol. The average molecular weight is 396 g/mol. The molecule has 0 bridgehead atoms. The van der Waals surface area contributed by atoms with Gasteiger partial charge in [0.25, 0.3) is 11.8 Å². The second-order valence-electron chi connectivity index (χ2n) is 5.91. The van der Waals surface area contributed by atoms with Crippen molar-refractivity contribution < 1.29 is 33.8 Å². The Bertz CT molecular complexity index is 994. The highest BCUT2D eigenvalue weighted by molar-refractivity contribution is 6.39. The molecule has 4 amide bonds. The van der Waals surface area contributed by atoms with E-state index in [1.54, 1.807) is 24.3 Å². The normalized spacial score (nSPS) is 15.3. The Hall–Kier alpha value is -4.14. The standard InChI is InChI=1S/C20H16N2O7/c1-28-14-8-4-13(5-9-14)22-19(26)16(18(25)21-20(22)27)10-12-2-6-15(7-3-12)29-11-17(23)24/h2-10H,11H2,1H3,(H,23,24)(H,21,25,27). The van der Waals surface area contributed by atoms with E-state index in [1.807, 2.05) is 0 Å². The number of ether oxygens (including phenoxy) is 2. The number of urea groups is 1. The molecule has 9 nitrogen and oxygen atoms in total. The second-order valence-corrected chi connectivity index (χ2v) is 5.91. The summed E-state index contributed by atoms with van der Waals surface area (Å²) in [4.78, 5) is 48.6. The summed E-state index contributed by atoms with van der Waals surface area (Å²) in [5, 5.41) is 10.8. The van der Waals surface area contributed by atoms with E-state index in [2.05, 4.69) is 5.32 Å². The molecule has 1 aliphatic heterocycles. The average Bonchev–Trinajstić information content (AvgIpc) is 2.71. The lowest BCUT2D eigenvalue weighted by molar-refractivity contribution is -0.139. The molecule has 0 unspecified atom stereocenters. The Morgan fingerprint density at radius 1 is 1.03 bits per heavy atom. The van der Waals surface area contributed by atoms with Gasteiger partial charge in [-0.3, -0.25) is 14.9 Å². The van der Waals surface area contributed by atoms with Crippen molar-refractivity contribution in [1.29, 1.82) is 0 Å². The van der Waals surface area contributed by atoms with E-state index in [9.17, 15) is 19.2 Å². The van der Waals surface area contributed by atoms with E-state index in [4.69, 9.17) is 14.6 Å². The van der Waals surface area contributed by atoms with E-state index in [-0.39, 0.29) is 11.3 Å². The Balaban J connectivity index is 1.85. The largest absolute Gasteiger partial charge is 0.497 e. The molecule has 0 aromatic heterocycles. The van der Waals surface area contributed by atoms with Crippen LogP contribution < -0.4 is 19.7 Å². The summed E-state index contributed by atoms with van der Waals surface area (Å²) < 4.78 is 10.1. The molecule has 0 saturated carbocycles. The van der Waals surface area contributed by atoms with E-state index in [0.29, 0.717) is 17.1 Å². The van der Waals surface area contributed by atoms with Gasteiger partial charge in [-0.05, 0) is 48.0 Å². The summed E-state index contributed by atoms with van der Waals surface area (Å²) in [5.74, 6) is -1.81. The Labute approximate surface area is 165 Å². The maximum absolute atomic E-state index is 12.8. The van der Waals surface area contributed by atoms with Crippen LogP contribution in [0.3, 0.4) is 0 Å². The molecule has 1 heterocycles. The number of nitrogens with one attached hydrogen (secondary N) is 1. The molecule has 2 aromatic rings. The number of amides is 4. The van der Waals surface area contributed by atoms with Crippen LogP contribution in [0.15, 0.2) is 54.1 Å². The number of aliphatic carboxylic acids is 1. The van der Waals surface area contributed by atoms with Gasteiger partial charge in [-0.2, -0.15) is 0 Å². The van der Waals surface area contributed by atoms with Crippen molar-refractivity contribution in [3.8, 4) is 11.5 Å². The highest BCUT2D eigenvalue weighted by Crippen LogP contribution is 2.24. The first-order chi connectivity index (χ1) is 13.9. The van der Waals surface area contributed by atoms with Crippen LogP contribution in [0.25, 0.3) is 6.08 Å². The first kappa shape index (κ1) is 19.6. The van der Waals surface area contributed by atoms with Crippen LogP contribution in [0.5, 0.6) is 11.5 Å². The lowest BCUT2D eigenvalue weighted by atomic mass is 10.1. The van der Waals surface area contributed by atoms with Crippen molar-refractivity contribution in [2.24, 2.45) is 0 Å². The third kappa shape index (κ3) is 4.41. The maximum atomic E-state index is 12.8. The number of rotatable bonds is 6. The van der Waals surface area contributed by atoms with Crippen LogP contribution in [0.2, 0.25) is 0 Å². The number of barbiturate groups is 1. The number of methoxy groups -OCH3 is 1. The SMILES string of the molecule is COc1ccc(N2C(=O)NC(=O)C(=Cc3ccc(OCC(=O)O)cc3)C2=O)cc1. The molecule has 3 rings (SSSR count). The molecular weight excluding hydrogens is 380 g/mol. The number of hydrogen-bond acceptors (Lipinski definition) is 6. The van der Waals surface area contributed by atoms with Gasteiger partial charge in [-0.15, -0.1) is 0 Å². The van der Waals surface area contributed by atoms with E-state index in [0.717, 1.165) is 4.90 Å². The molecule has 0 aliphatic carbocycles. The van der Waals surface area contributed by atoms with Crippen molar-refractivity contribution in [3.05, 3.63) is 59.7 Å². The van der Waals surface area contributed by atoms with Crippen molar-refractivity contribution in [2.75, 3.05) is 18.6 Å². The molecule has 1 fully saturated rings. The van der Waals surface area contributed by atoms with Gasteiger partial charge in [-0.25, -0.2) is 14.5 Å². The number of imide groups is 2. The van der Waals surface area contributed by atoms with E-state index >= 15 is 0 Å². The van der Waals surface area contributed by atoms with Crippen molar-refractivity contribution in [1.82, 2.24) is 5.32 Å². The monoisotopic (exact) mass is 396 g/mol. The second kappa shape index (κ2) is 8.26. The number of anilines is 1. The number of benzene rings is 2. The van der Waals surface area contributed by atoms with E-state index < -0.39 is 30.4 Å². The lowest BCUT2D eigenvalue weighted by Gasteiger charge is -2.26. The third-order valence-corrected chi connectivity index (χ3v) is 3.99. The fraction of sp³-hybridized carbons (Fsp3) is 0.100. The molecule has 0 radical (unpaired) electrons. The minimum atomic E-state index is -1.11. The molecule has 2 N–H and O–H groups in total. The molecular formula is C20H16N2O7. The maximum Gasteiger partial charge on any atom is 0.341 e. The highest BCUT2D eigenvalue weighted by atomic mass is 16.5. The summed E-state index contributed by atoms with van der Waals surface area (Å²) in [6, 6.07) is 11.5. The summed E-state index contributed by atoms with van der Waals surface area (Å²) in [7, 11) is 1.49. The summed E-state index contributed by atoms with van der Waals surface area (Å²) in [5.41, 5.74) is 0.555. The molecule has 0 atom stereocenters. The highest BCUT2D eigenvalue weighted by Gasteiger charge is 2.36. The molecule has 9 heteroatoms. The zero-order valence-corrected chi connectivity index (χ0v) is 15.2. The number of carbonyl (C=O) groups excluding carboxylic acids is 3. The van der Waals surface area contributed by atoms with Crippen molar-refractivity contribution >= 4 is 35.6 Å². The quantitative estimate of drug-likeness (QED) is 0.564. The minimum Gasteiger partial charge on any atom is -0.497 e. The number of carbonyl (C=O) groups is 4. The number of carboxylic acids is 1. The van der Waals surface area contributed by atoms with Crippen molar-refractivity contribution in [3.63, 3.8) is 0 Å². The molecule has 29 heavy (non-hydrogen) atoms. The number of carboxylic acid groups (broad SMARTS) is 1. The summed E-state index contributed by atoms with van der Waals surface area (Å²) in [6.45, 7) is -0.486. The van der Waals surface area contributed by atoms with Gasteiger partial charge >= 0.3 is 12.0 Å². The molecule has 1 saturated heterocycles. The zero-order chi connectivity index (χ0) is 21.0. The van der Waals surface area contributed by atoms with E-state index in [1.165, 1.54) is 37.5 Å². The molecule has 0 spiro atoms. The van der Waals surface area contributed by atoms with Gasteiger partial charge in [0, 0.05) is 0 Å². The third-order valence-electron chi connectivity index (χ3n) is 3.99. The van der Waals surface area contributed by atoms with Gasteiger partial charge in [0.1, 0.15) is 17.1 Å². The van der Waals surface area contributed by atoms with Gasteiger partial charge in [0.05, 0.1) is 12.8 Å². The van der Waals surface area contributed by atoms with Crippen LogP contribution in [0.4, 0.5) is 10.5 Å². The van der Waals surface area contributed by atoms with Gasteiger partial charge in [-0.1, -0.05) is 12.1 Å². The van der Waals surface area contributed by atoms with Gasteiger partial charge < -0.3 is 14.6 Å². The van der Waals surface area contributed by atoms with Crippen molar-refractivity contribution in [2.45, 2.75) is 0 Å². The van der Waals surface area contributed by atoms with Crippen LogP contribution in [0, 0.1) is 0 Å². The van der Waals surface area contributed by atoms with Crippen LogP contribution in [-0.4, -0.2) is 42.6 Å². The van der Waals surface area contributed by atoms with Crippen LogP contribution >= 0.6 is 0 Å². The number of hydrogen-bond donors (Lipinski definition) is 2. The Kier molecular flexibility index (Phi) is 5.59. The Morgan fingerprint density at radius 2 is 1.66 bits per heavy atom. The lowest BCUT2D eigenvalue weighted by Crippen LogP contribution is -2.54. The van der Waals surface area contributed by atoms with Crippen LogP contribution in [0.1, 0.15) is 5.56 Å². The topological polar surface area (TPSA) is 122 Å². The fourth-order valence-electron chi connectivity index (χ4n) is 2.60. The first-order valence-corrected chi connectivity index (χ1v) is 8.39. The zero-order valence-electron chi connectivity index (χ0n) is 15.2. The van der Waals surface area contributed by atoms with Gasteiger partial charge in [0.2, 0.25) is 0 Å². The molecule has 2 aromatic carbocycles. The predicted octanol–water partition coefficient (Wildman–Crippen LogP) is 1.82. The number of nitrogens with zero attached hydrogens (tertiary/aromatic N) is 1. The first-order valence-electron chi connectivity index (χ1n) is 8.39. The molecule has 148 valence electrons. The Morgan fingerprint density at radius 3 is 2.24 bits per heavy atom. The summed E-state index contributed by atoms with van der Waals surface area (Å²) in [6.07, 6.45) is 1.33. The van der Waals surface area contributed by atoms with Gasteiger partial charge in [0.15, 0.2) is 6.61 Å². The smallest absolute Gasteiger partial charge is 0.341 e. The fourth-order valence-corrected chi connectivity index (χ4v) is 2.60. The van der Waals surface area contributed by atoms with Crippen LogP contribution in [-0.2, 0) is 14.4 Å². The molecule has 1 aliphatic rings.